The Bertz CT molecular complexity index is 1110. The molecule has 0 amide bonds. The summed E-state index contributed by atoms with van der Waals surface area (Å²) in [6.07, 6.45) is -14.2. The van der Waals surface area contributed by atoms with Crippen LogP contribution in [0.5, 0.6) is 11.5 Å². The maximum absolute atomic E-state index is 13.2. The van der Waals surface area contributed by atoms with Crippen LogP contribution in [0.2, 0.25) is 0 Å². The number of benzene rings is 2. The highest BCUT2D eigenvalue weighted by atomic mass is 19.4. The molecule has 170 valence electrons. The molecule has 0 saturated heterocycles. The normalized spacial score (nSPS) is 12.5. The van der Waals surface area contributed by atoms with E-state index in [0.717, 1.165) is 36.5 Å². The van der Waals surface area contributed by atoms with E-state index in [-0.39, 0.29) is 22.3 Å². The van der Waals surface area contributed by atoms with Crippen molar-refractivity contribution < 1.29 is 49.0 Å². The number of hydrogen-bond donors (Lipinski definition) is 0. The standard InChI is InChI=1S/C20H10F9NO2/c21-18(22,23)17-9-15(11-3-1-5-13(7-11)31-19(24,25)26)16(10-30-17)12-4-2-6-14(8-12)32-20(27,28)29/h1-10H. The second kappa shape index (κ2) is 8.24. The molecule has 0 spiro atoms. The Morgan fingerprint density at radius 1 is 0.594 bits per heavy atom. The summed E-state index contributed by atoms with van der Waals surface area (Å²) < 4.78 is 122. The van der Waals surface area contributed by atoms with Crippen LogP contribution in [0, 0.1) is 0 Å². The summed E-state index contributed by atoms with van der Waals surface area (Å²) in [7, 11) is 0. The third kappa shape index (κ3) is 6.05. The molecule has 0 aliphatic heterocycles. The van der Waals surface area contributed by atoms with Gasteiger partial charge in [0.1, 0.15) is 17.2 Å². The van der Waals surface area contributed by atoms with Gasteiger partial charge in [0, 0.05) is 11.8 Å². The second-order valence-corrected chi connectivity index (χ2v) is 6.26. The van der Waals surface area contributed by atoms with Gasteiger partial charge >= 0.3 is 18.9 Å². The maximum atomic E-state index is 13.2. The zero-order valence-corrected chi connectivity index (χ0v) is 15.4. The van der Waals surface area contributed by atoms with Crippen molar-refractivity contribution in [2.75, 3.05) is 0 Å². The Labute approximate surface area is 174 Å². The van der Waals surface area contributed by atoms with Gasteiger partial charge in [-0.3, -0.25) is 4.98 Å². The zero-order valence-electron chi connectivity index (χ0n) is 15.4. The highest BCUT2D eigenvalue weighted by Gasteiger charge is 2.34. The van der Waals surface area contributed by atoms with Crippen molar-refractivity contribution in [2.24, 2.45) is 0 Å². The van der Waals surface area contributed by atoms with Crippen LogP contribution < -0.4 is 9.47 Å². The van der Waals surface area contributed by atoms with Gasteiger partial charge in [-0.2, -0.15) is 13.2 Å². The third-order valence-electron chi connectivity index (χ3n) is 3.95. The van der Waals surface area contributed by atoms with Crippen molar-refractivity contribution >= 4 is 0 Å². The molecule has 0 atom stereocenters. The summed E-state index contributed by atoms with van der Waals surface area (Å²) in [6, 6.07) is 9.06. The van der Waals surface area contributed by atoms with Crippen molar-refractivity contribution in [1.82, 2.24) is 4.98 Å². The number of halogens is 9. The van der Waals surface area contributed by atoms with Gasteiger partial charge < -0.3 is 9.47 Å². The Morgan fingerprint density at radius 3 is 1.50 bits per heavy atom. The van der Waals surface area contributed by atoms with E-state index in [9.17, 15) is 39.5 Å². The first-order valence-corrected chi connectivity index (χ1v) is 8.51. The fourth-order valence-corrected chi connectivity index (χ4v) is 2.80. The van der Waals surface area contributed by atoms with Crippen molar-refractivity contribution in [3.63, 3.8) is 0 Å². The van der Waals surface area contributed by atoms with E-state index in [1.54, 1.807) is 0 Å². The lowest BCUT2D eigenvalue weighted by atomic mass is 9.95. The van der Waals surface area contributed by atoms with Crippen LogP contribution in [0.15, 0.2) is 60.8 Å². The lowest BCUT2D eigenvalue weighted by Gasteiger charge is -2.16. The molecule has 0 aliphatic carbocycles. The monoisotopic (exact) mass is 467 g/mol. The largest absolute Gasteiger partial charge is 0.573 e. The first-order valence-electron chi connectivity index (χ1n) is 8.51. The summed E-state index contributed by atoms with van der Waals surface area (Å²) in [6.45, 7) is 0. The highest BCUT2D eigenvalue weighted by Crippen LogP contribution is 2.39. The number of hydrogen-bond acceptors (Lipinski definition) is 3. The van der Waals surface area contributed by atoms with Crippen LogP contribution in [-0.4, -0.2) is 17.7 Å². The number of rotatable bonds is 4. The minimum Gasteiger partial charge on any atom is -0.406 e. The molecule has 0 N–H and O–H groups in total. The molecule has 12 heteroatoms. The molecule has 3 nitrogen and oxygen atoms in total. The smallest absolute Gasteiger partial charge is 0.406 e. The summed E-state index contributed by atoms with van der Waals surface area (Å²) in [5.41, 5.74) is -1.78. The van der Waals surface area contributed by atoms with Crippen LogP contribution in [0.4, 0.5) is 39.5 Å². The Balaban J connectivity index is 2.15. The first kappa shape index (κ1) is 23.2. The second-order valence-electron chi connectivity index (χ2n) is 6.26. The quantitative estimate of drug-likeness (QED) is 0.380. The van der Waals surface area contributed by atoms with Crippen LogP contribution in [-0.2, 0) is 6.18 Å². The lowest BCUT2D eigenvalue weighted by Crippen LogP contribution is -2.17. The number of pyridine rings is 1. The summed E-state index contributed by atoms with van der Waals surface area (Å²) in [4.78, 5) is 3.30. The third-order valence-corrected chi connectivity index (χ3v) is 3.95. The molecule has 2 aromatic carbocycles. The zero-order chi connectivity index (χ0) is 23.7. The number of ether oxygens (including phenoxy) is 2. The van der Waals surface area contributed by atoms with Gasteiger partial charge in [-0.1, -0.05) is 24.3 Å². The van der Waals surface area contributed by atoms with Crippen molar-refractivity contribution in [3.05, 3.63) is 66.5 Å². The van der Waals surface area contributed by atoms with Gasteiger partial charge in [-0.25, -0.2) is 0 Å². The molecule has 1 heterocycles. The molecule has 0 saturated carbocycles. The topological polar surface area (TPSA) is 31.4 Å². The predicted octanol–water partition coefficient (Wildman–Crippen LogP) is 7.23. The molecular weight excluding hydrogens is 457 g/mol. The molecule has 0 aliphatic rings. The van der Waals surface area contributed by atoms with Crippen LogP contribution in [0.3, 0.4) is 0 Å². The Kier molecular flexibility index (Phi) is 5.98. The van der Waals surface area contributed by atoms with E-state index in [1.165, 1.54) is 18.2 Å². The lowest BCUT2D eigenvalue weighted by molar-refractivity contribution is -0.275. The Hall–Kier alpha value is -3.44. The van der Waals surface area contributed by atoms with Crippen LogP contribution in [0.1, 0.15) is 5.69 Å². The minimum atomic E-state index is -5.04. The molecule has 3 rings (SSSR count). The fraction of sp³-hybridized carbons (Fsp3) is 0.150. The van der Waals surface area contributed by atoms with Crippen LogP contribution in [0.25, 0.3) is 22.3 Å². The minimum absolute atomic E-state index is 0.00915. The number of alkyl halides is 9. The van der Waals surface area contributed by atoms with E-state index in [0.29, 0.717) is 6.07 Å². The van der Waals surface area contributed by atoms with Gasteiger partial charge in [0.2, 0.25) is 0 Å². The van der Waals surface area contributed by atoms with Gasteiger partial charge in [0.15, 0.2) is 0 Å². The number of aromatic nitrogens is 1. The van der Waals surface area contributed by atoms with E-state index >= 15 is 0 Å². The molecule has 0 radical (unpaired) electrons. The molecule has 0 bridgehead atoms. The van der Waals surface area contributed by atoms with E-state index in [1.807, 2.05) is 0 Å². The average molecular weight is 467 g/mol. The van der Waals surface area contributed by atoms with Gasteiger partial charge in [-0.15, -0.1) is 26.3 Å². The van der Waals surface area contributed by atoms with E-state index in [2.05, 4.69) is 14.5 Å². The molecule has 3 aromatic rings. The van der Waals surface area contributed by atoms with Gasteiger partial charge in [0.25, 0.3) is 0 Å². The van der Waals surface area contributed by atoms with Crippen molar-refractivity contribution in [3.8, 4) is 33.8 Å². The summed E-state index contributed by atoms with van der Waals surface area (Å²) >= 11 is 0. The summed E-state index contributed by atoms with van der Waals surface area (Å²) in [5, 5.41) is 0. The number of nitrogens with zero attached hydrogens (tertiary/aromatic N) is 1. The van der Waals surface area contributed by atoms with Gasteiger partial charge in [-0.05, 0) is 47.0 Å². The maximum Gasteiger partial charge on any atom is 0.573 e. The predicted molar refractivity (Wildman–Crippen MR) is 93.5 cm³/mol. The molecular formula is C20H10F9NO2. The molecule has 32 heavy (non-hydrogen) atoms. The fourth-order valence-electron chi connectivity index (χ4n) is 2.80. The first-order chi connectivity index (χ1) is 14.7. The summed E-state index contributed by atoms with van der Waals surface area (Å²) in [5.74, 6) is -1.34. The van der Waals surface area contributed by atoms with E-state index in [4.69, 9.17) is 0 Å². The Morgan fingerprint density at radius 2 is 1.06 bits per heavy atom. The SMILES string of the molecule is FC(F)(F)Oc1cccc(-c2cnc(C(F)(F)F)cc2-c2cccc(OC(F)(F)F)c2)c1. The van der Waals surface area contributed by atoms with E-state index < -0.39 is 36.1 Å². The molecule has 0 fully saturated rings. The molecule has 0 unspecified atom stereocenters. The van der Waals surface area contributed by atoms with Gasteiger partial charge in [0.05, 0.1) is 0 Å². The highest BCUT2D eigenvalue weighted by molar-refractivity contribution is 5.84. The van der Waals surface area contributed by atoms with Crippen molar-refractivity contribution in [1.29, 1.82) is 0 Å². The van der Waals surface area contributed by atoms with Crippen LogP contribution >= 0.6 is 0 Å². The van der Waals surface area contributed by atoms with Crippen molar-refractivity contribution in [2.45, 2.75) is 18.9 Å². The molecule has 1 aromatic heterocycles. The average Bonchev–Trinajstić information content (AvgIpc) is 2.64.